The van der Waals surface area contributed by atoms with E-state index in [1.807, 2.05) is 0 Å². The van der Waals surface area contributed by atoms with E-state index in [1.54, 1.807) is 0 Å². The Bertz CT molecular complexity index is 356. The highest BCUT2D eigenvalue weighted by Gasteiger charge is 2.34. The van der Waals surface area contributed by atoms with Crippen molar-refractivity contribution in [3.05, 3.63) is 35.1 Å². The fourth-order valence-corrected chi connectivity index (χ4v) is 1.20. The van der Waals surface area contributed by atoms with E-state index in [0.717, 1.165) is 12.1 Å². The predicted octanol–water partition coefficient (Wildman–Crippen LogP) is 2.26. The molecule has 0 aromatic heterocycles. The molecule has 2 nitrogen and oxygen atoms in total. The molecule has 0 amide bonds. The Hall–Kier alpha value is -0.850. The summed E-state index contributed by atoms with van der Waals surface area (Å²) in [4.78, 5) is 0. The molecule has 0 aliphatic carbocycles. The number of halogens is 5. The van der Waals surface area contributed by atoms with Crippen LogP contribution in [0.4, 0.5) is 17.6 Å². The molecule has 92 valence electrons. The number of aliphatic hydroxyl groups is 1. The monoisotopic (exact) mass is 259 g/mol. The highest BCUT2D eigenvalue weighted by molar-refractivity contribution is 5.85. The van der Waals surface area contributed by atoms with E-state index < -0.39 is 30.2 Å². The Balaban J connectivity index is 0.00000225. The first-order valence-corrected chi connectivity index (χ1v) is 4.09. The molecule has 1 aromatic rings. The highest BCUT2D eigenvalue weighted by Crippen LogP contribution is 2.34. The smallest absolute Gasteiger partial charge is 0.394 e. The van der Waals surface area contributed by atoms with Gasteiger partial charge in [-0.2, -0.15) is 13.2 Å². The van der Waals surface area contributed by atoms with Crippen LogP contribution in [0, 0.1) is 5.82 Å². The third-order valence-electron chi connectivity index (χ3n) is 1.92. The average molecular weight is 260 g/mol. The van der Waals surface area contributed by atoms with Gasteiger partial charge in [-0.1, -0.05) is 6.07 Å². The number of hydrogen-bond acceptors (Lipinski definition) is 2. The van der Waals surface area contributed by atoms with Crippen LogP contribution in [-0.4, -0.2) is 11.7 Å². The second-order valence-electron chi connectivity index (χ2n) is 3.02. The Morgan fingerprint density at radius 2 is 1.88 bits per heavy atom. The van der Waals surface area contributed by atoms with Gasteiger partial charge >= 0.3 is 6.18 Å². The van der Waals surface area contributed by atoms with Gasteiger partial charge in [-0.15, -0.1) is 12.4 Å². The summed E-state index contributed by atoms with van der Waals surface area (Å²) in [6.07, 6.45) is -4.68. The molecule has 0 heterocycles. The molecular weight excluding hydrogens is 250 g/mol. The summed E-state index contributed by atoms with van der Waals surface area (Å²) in [5.41, 5.74) is 3.81. The Morgan fingerprint density at radius 3 is 2.31 bits per heavy atom. The van der Waals surface area contributed by atoms with Gasteiger partial charge in [0.25, 0.3) is 0 Å². The lowest BCUT2D eigenvalue weighted by Gasteiger charge is -2.16. The zero-order valence-corrected chi connectivity index (χ0v) is 8.78. The SMILES string of the molecule is Cl.N[C@@H](CO)c1ccc(F)cc1C(F)(F)F. The van der Waals surface area contributed by atoms with E-state index in [1.165, 1.54) is 0 Å². The van der Waals surface area contributed by atoms with E-state index in [-0.39, 0.29) is 18.0 Å². The lowest BCUT2D eigenvalue weighted by Crippen LogP contribution is -2.20. The fraction of sp³-hybridized carbons (Fsp3) is 0.333. The van der Waals surface area contributed by atoms with Crippen molar-refractivity contribution in [2.45, 2.75) is 12.2 Å². The van der Waals surface area contributed by atoms with E-state index in [2.05, 4.69) is 0 Å². The molecule has 0 aliphatic heterocycles. The van der Waals surface area contributed by atoms with Crippen molar-refractivity contribution in [1.82, 2.24) is 0 Å². The minimum absolute atomic E-state index is 0. The zero-order valence-electron chi connectivity index (χ0n) is 7.96. The molecule has 0 saturated carbocycles. The maximum absolute atomic E-state index is 12.6. The summed E-state index contributed by atoms with van der Waals surface area (Å²) < 4.78 is 49.9. The van der Waals surface area contributed by atoms with E-state index in [9.17, 15) is 17.6 Å². The number of nitrogens with two attached hydrogens (primary N) is 1. The van der Waals surface area contributed by atoms with Gasteiger partial charge in [0.05, 0.1) is 18.2 Å². The molecule has 0 bridgehead atoms. The summed E-state index contributed by atoms with van der Waals surface area (Å²) in [6.45, 7) is -0.630. The predicted molar refractivity (Wildman–Crippen MR) is 52.7 cm³/mol. The maximum Gasteiger partial charge on any atom is 0.416 e. The molecule has 7 heteroatoms. The normalized spacial score (nSPS) is 13.1. The lowest BCUT2D eigenvalue weighted by molar-refractivity contribution is -0.138. The van der Waals surface area contributed by atoms with Crippen LogP contribution in [0.5, 0.6) is 0 Å². The summed E-state index contributed by atoms with van der Waals surface area (Å²) in [5, 5.41) is 8.66. The Morgan fingerprint density at radius 1 is 1.31 bits per heavy atom. The molecule has 0 fully saturated rings. The first-order chi connectivity index (χ1) is 6.86. The van der Waals surface area contributed by atoms with Gasteiger partial charge in [0, 0.05) is 0 Å². The first-order valence-electron chi connectivity index (χ1n) is 4.09. The summed E-state index contributed by atoms with van der Waals surface area (Å²) in [6, 6.07) is 1.01. The van der Waals surface area contributed by atoms with Gasteiger partial charge in [-0.25, -0.2) is 4.39 Å². The topological polar surface area (TPSA) is 46.2 Å². The summed E-state index contributed by atoms with van der Waals surface area (Å²) in [7, 11) is 0. The number of rotatable bonds is 2. The number of hydrogen-bond donors (Lipinski definition) is 2. The average Bonchev–Trinajstić information content (AvgIpc) is 2.15. The van der Waals surface area contributed by atoms with E-state index in [4.69, 9.17) is 10.8 Å². The molecule has 1 aromatic carbocycles. The third-order valence-corrected chi connectivity index (χ3v) is 1.92. The zero-order chi connectivity index (χ0) is 11.6. The number of benzene rings is 1. The second kappa shape index (κ2) is 5.47. The van der Waals surface area contributed by atoms with Crippen molar-refractivity contribution in [3.8, 4) is 0 Å². The van der Waals surface area contributed by atoms with Gasteiger partial charge in [-0.05, 0) is 17.7 Å². The van der Waals surface area contributed by atoms with Gasteiger partial charge in [0.1, 0.15) is 5.82 Å². The summed E-state index contributed by atoms with van der Waals surface area (Å²) >= 11 is 0. The van der Waals surface area contributed by atoms with Crippen LogP contribution >= 0.6 is 12.4 Å². The van der Waals surface area contributed by atoms with Crippen molar-refractivity contribution < 1.29 is 22.7 Å². The van der Waals surface area contributed by atoms with Crippen LogP contribution < -0.4 is 5.73 Å². The minimum Gasteiger partial charge on any atom is -0.394 e. The highest BCUT2D eigenvalue weighted by atomic mass is 35.5. The Kier molecular flexibility index (Phi) is 5.18. The van der Waals surface area contributed by atoms with Crippen molar-refractivity contribution >= 4 is 12.4 Å². The number of aliphatic hydroxyl groups excluding tert-OH is 1. The molecule has 0 saturated heterocycles. The molecule has 16 heavy (non-hydrogen) atoms. The van der Waals surface area contributed by atoms with Crippen LogP contribution in [0.3, 0.4) is 0 Å². The molecular formula is C9H10ClF4NO. The third kappa shape index (κ3) is 3.33. The first kappa shape index (κ1) is 15.2. The van der Waals surface area contributed by atoms with Crippen LogP contribution in [0.2, 0.25) is 0 Å². The van der Waals surface area contributed by atoms with Gasteiger partial charge < -0.3 is 10.8 Å². The van der Waals surface area contributed by atoms with Gasteiger partial charge in [-0.3, -0.25) is 0 Å². The molecule has 0 aliphatic rings. The lowest BCUT2D eigenvalue weighted by atomic mass is 10.0. The van der Waals surface area contributed by atoms with Crippen molar-refractivity contribution in [2.75, 3.05) is 6.61 Å². The Labute approximate surface area is 95.5 Å². The molecule has 1 rings (SSSR count). The quantitative estimate of drug-likeness (QED) is 0.801. The fourth-order valence-electron chi connectivity index (χ4n) is 1.20. The summed E-state index contributed by atoms with van der Waals surface area (Å²) in [5.74, 6) is -0.990. The largest absolute Gasteiger partial charge is 0.416 e. The van der Waals surface area contributed by atoms with E-state index >= 15 is 0 Å². The van der Waals surface area contributed by atoms with Crippen LogP contribution in [0.15, 0.2) is 18.2 Å². The van der Waals surface area contributed by atoms with Crippen molar-refractivity contribution in [3.63, 3.8) is 0 Å². The standard InChI is InChI=1S/C9H9F4NO.ClH/c10-5-1-2-6(8(14)4-15)7(3-5)9(11,12)13;/h1-3,8,15H,4,14H2;1H/t8-;/m0./s1. The van der Waals surface area contributed by atoms with Gasteiger partial charge in [0.15, 0.2) is 0 Å². The van der Waals surface area contributed by atoms with Crippen molar-refractivity contribution in [1.29, 1.82) is 0 Å². The van der Waals surface area contributed by atoms with E-state index in [0.29, 0.717) is 6.07 Å². The van der Waals surface area contributed by atoms with Crippen LogP contribution in [-0.2, 0) is 6.18 Å². The minimum atomic E-state index is -4.68. The molecule has 1 atom stereocenters. The molecule has 0 unspecified atom stereocenters. The number of alkyl halides is 3. The van der Waals surface area contributed by atoms with Crippen LogP contribution in [0.1, 0.15) is 17.2 Å². The van der Waals surface area contributed by atoms with Gasteiger partial charge in [0.2, 0.25) is 0 Å². The second-order valence-corrected chi connectivity index (χ2v) is 3.02. The molecule has 0 radical (unpaired) electrons. The van der Waals surface area contributed by atoms with Crippen molar-refractivity contribution in [2.24, 2.45) is 5.73 Å². The van der Waals surface area contributed by atoms with Crippen LogP contribution in [0.25, 0.3) is 0 Å². The molecule has 3 N–H and O–H groups in total. The molecule has 0 spiro atoms. The maximum atomic E-state index is 12.6.